The molecule has 192 valence electrons. The fourth-order valence-electron chi connectivity index (χ4n) is 4.18. The molecule has 1 aliphatic rings. The normalized spacial score (nSPS) is 14.9. The molecule has 6 nitrogen and oxygen atoms in total. The zero-order chi connectivity index (χ0) is 26.2. The highest BCUT2D eigenvalue weighted by Gasteiger charge is 2.30. The van der Waals surface area contributed by atoms with Gasteiger partial charge in [-0.15, -0.1) is 0 Å². The first-order valence-electron chi connectivity index (χ1n) is 12.2. The van der Waals surface area contributed by atoms with Crippen LogP contribution in [0.3, 0.4) is 0 Å². The van der Waals surface area contributed by atoms with Gasteiger partial charge in [0.2, 0.25) is 18.9 Å². The van der Waals surface area contributed by atoms with Crippen LogP contribution in [0.5, 0.6) is 5.75 Å². The van der Waals surface area contributed by atoms with Crippen LogP contribution in [-0.4, -0.2) is 47.1 Å². The minimum Gasteiger partial charge on any atom is -0.546 e. The van der Waals surface area contributed by atoms with Gasteiger partial charge in [-0.2, -0.15) is 0 Å². The molecule has 0 fully saturated rings. The topological polar surface area (TPSA) is 72.9 Å². The Morgan fingerprint density at radius 3 is 2.14 bits per heavy atom. The number of carbonyl (C=O) groups excluding carboxylic acids is 1. The van der Waals surface area contributed by atoms with Crippen LogP contribution >= 0.6 is 0 Å². The molecule has 2 aromatic carbocycles. The lowest BCUT2D eigenvalue weighted by Crippen LogP contribution is -2.38. The molecule has 0 radical (unpaired) electrons. The highest BCUT2D eigenvalue weighted by molar-refractivity contribution is 7.91. The Bertz CT molecular complexity index is 1190. The summed E-state index contributed by atoms with van der Waals surface area (Å²) in [7, 11) is -5.37. The Morgan fingerprint density at radius 1 is 0.943 bits per heavy atom. The van der Waals surface area contributed by atoms with E-state index in [1.54, 1.807) is 29.2 Å². The lowest BCUT2D eigenvalue weighted by Gasteiger charge is -2.26. The number of ether oxygens (including phenoxy) is 1. The van der Waals surface area contributed by atoms with E-state index in [0.29, 0.717) is 31.7 Å². The first kappa shape index (κ1) is 27.3. The summed E-state index contributed by atoms with van der Waals surface area (Å²) < 4.78 is 39.5. The maximum atomic E-state index is 13.9. The van der Waals surface area contributed by atoms with Crippen LogP contribution in [-0.2, 0) is 32.8 Å². The second-order valence-electron chi connectivity index (χ2n) is 11.5. The van der Waals surface area contributed by atoms with Crippen molar-refractivity contribution in [3.05, 3.63) is 53.1 Å². The Morgan fingerprint density at radius 2 is 1.57 bits per heavy atom. The standard InChI is InChI=1S/C27H39NO5SSi/c1-26(2,3)22-10-9-11-23(24(22)33-35(7)8)34(30,31)21-13-12-19-14-16-28(17-15-20(19)18-21)25(29)32-27(4,5)6/h9-13,18,35H,14-17H2,1-8H3. The van der Waals surface area contributed by atoms with E-state index in [1.807, 2.05) is 46.0 Å². The second-order valence-corrected chi connectivity index (χ2v) is 15.7. The number of benzene rings is 2. The van der Waals surface area contributed by atoms with Gasteiger partial charge in [-0.25, -0.2) is 13.2 Å². The predicted molar refractivity (Wildman–Crippen MR) is 142 cm³/mol. The van der Waals surface area contributed by atoms with Crippen molar-refractivity contribution in [2.24, 2.45) is 0 Å². The van der Waals surface area contributed by atoms with E-state index in [9.17, 15) is 13.2 Å². The fourth-order valence-corrected chi connectivity index (χ4v) is 6.45. The molecule has 0 aromatic heterocycles. The smallest absolute Gasteiger partial charge is 0.410 e. The average molecular weight is 518 g/mol. The van der Waals surface area contributed by atoms with Crippen LogP contribution in [0.15, 0.2) is 46.2 Å². The van der Waals surface area contributed by atoms with E-state index >= 15 is 0 Å². The third kappa shape index (κ3) is 6.47. The molecule has 1 aliphatic heterocycles. The summed E-state index contributed by atoms with van der Waals surface area (Å²) in [6.07, 6.45) is 0.890. The number of hydrogen-bond donors (Lipinski definition) is 0. The maximum Gasteiger partial charge on any atom is 0.410 e. The Labute approximate surface area is 212 Å². The maximum absolute atomic E-state index is 13.9. The van der Waals surface area contributed by atoms with Gasteiger partial charge >= 0.3 is 6.09 Å². The molecule has 0 saturated heterocycles. The van der Waals surface area contributed by atoms with Gasteiger partial charge in [0.1, 0.15) is 16.2 Å². The third-order valence-electron chi connectivity index (χ3n) is 5.87. The molecule has 35 heavy (non-hydrogen) atoms. The highest BCUT2D eigenvalue weighted by atomic mass is 32.2. The Balaban J connectivity index is 1.97. The number of carbonyl (C=O) groups is 1. The Kier molecular flexibility index (Phi) is 7.77. The summed E-state index contributed by atoms with van der Waals surface area (Å²) in [6.45, 7) is 16.8. The lowest BCUT2D eigenvalue weighted by atomic mass is 9.86. The second kappa shape index (κ2) is 9.97. The van der Waals surface area contributed by atoms with Gasteiger partial charge < -0.3 is 14.1 Å². The Hall–Kier alpha value is -2.32. The lowest BCUT2D eigenvalue weighted by molar-refractivity contribution is 0.0258. The van der Waals surface area contributed by atoms with Crippen LogP contribution < -0.4 is 4.43 Å². The van der Waals surface area contributed by atoms with Crippen molar-refractivity contribution in [1.82, 2.24) is 4.90 Å². The third-order valence-corrected chi connectivity index (χ3v) is 8.35. The molecule has 0 aliphatic carbocycles. The molecular weight excluding hydrogens is 478 g/mol. The molecule has 3 rings (SSSR count). The summed E-state index contributed by atoms with van der Waals surface area (Å²) in [5.41, 5.74) is 2.08. The van der Waals surface area contributed by atoms with Crippen LogP contribution in [0.4, 0.5) is 4.79 Å². The van der Waals surface area contributed by atoms with Crippen molar-refractivity contribution in [2.75, 3.05) is 13.1 Å². The molecule has 0 spiro atoms. The fraction of sp³-hybridized carbons (Fsp3) is 0.519. The van der Waals surface area contributed by atoms with Crippen LogP contribution in [0.1, 0.15) is 58.2 Å². The summed E-state index contributed by atoms with van der Waals surface area (Å²) in [4.78, 5) is 14.7. The summed E-state index contributed by atoms with van der Waals surface area (Å²) in [5, 5.41) is 0. The van der Waals surface area contributed by atoms with Crippen molar-refractivity contribution in [2.45, 2.75) is 88.3 Å². The molecule has 1 heterocycles. The van der Waals surface area contributed by atoms with E-state index in [4.69, 9.17) is 9.16 Å². The molecule has 0 saturated carbocycles. The van der Waals surface area contributed by atoms with Crippen molar-refractivity contribution >= 4 is 25.0 Å². The zero-order valence-electron chi connectivity index (χ0n) is 22.3. The van der Waals surface area contributed by atoms with Crippen molar-refractivity contribution in [1.29, 1.82) is 0 Å². The largest absolute Gasteiger partial charge is 0.546 e. The van der Waals surface area contributed by atoms with Gasteiger partial charge in [-0.05, 0) is 87.0 Å². The highest BCUT2D eigenvalue weighted by Crippen LogP contribution is 2.39. The van der Waals surface area contributed by atoms with Crippen molar-refractivity contribution < 1.29 is 22.4 Å². The number of sulfone groups is 1. The number of hydrogen-bond acceptors (Lipinski definition) is 5. The van der Waals surface area contributed by atoms with Crippen molar-refractivity contribution in [3.8, 4) is 5.75 Å². The van der Waals surface area contributed by atoms with E-state index in [-0.39, 0.29) is 21.3 Å². The van der Waals surface area contributed by atoms with Crippen LogP contribution in [0.2, 0.25) is 13.1 Å². The van der Waals surface area contributed by atoms with Gasteiger partial charge in [-0.1, -0.05) is 39.0 Å². The molecule has 0 bridgehead atoms. The monoisotopic (exact) mass is 517 g/mol. The molecule has 0 atom stereocenters. The molecule has 0 N–H and O–H groups in total. The minimum atomic E-state index is -3.81. The van der Waals surface area contributed by atoms with Gasteiger partial charge in [0, 0.05) is 13.1 Å². The van der Waals surface area contributed by atoms with E-state index < -0.39 is 24.5 Å². The van der Waals surface area contributed by atoms with E-state index in [2.05, 4.69) is 20.8 Å². The summed E-state index contributed by atoms with van der Waals surface area (Å²) in [6, 6.07) is 10.7. The molecular formula is C27H39NO5SSi. The number of para-hydroxylation sites is 1. The SMILES string of the molecule is C[SiH](C)Oc1c(C(C)(C)C)cccc1S(=O)(=O)c1ccc2c(c1)CCN(C(=O)OC(C)(C)C)CC2. The van der Waals surface area contributed by atoms with Gasteiger partial charge in [0.15, 0.2) is 0 Å². The van der Waals surface area contributed by atoms with E-state index in [1.165, 1.54) is 0 Å². The average Bonchev–Trinajstić information content (AvgIpc) is 2.93. The first-order chi connectivity index (χ1) is 16.1. The molecule has 1 amide bonds. The molecule has 2 aromatic rings. The summed E-state index contributed by atoms with van der Waals surface area (Å²) in [5.74, 6) is 0.479. The van der Waals surface area contributed by atoms with Gasteiger partial charge in [0.05, 0.1) is 4.90 Å². The molecule has 8 heteroatoms. The number of amides is 1. The van der Waals surface area contributed by atoms with Crippen LogP contribution in [0.25, 0.3) is 0 Å². The first-order valence-corrected chi connectivity index (χ1v) is 16.5. The van der Waals surface area contributed by atoms with Crippen molar-refractivity contribution in [3.63, 3.8) is 0 Å². The molecule has 0 unspecified atom stereocenters. The van der Waals surface area contributed by atoms with Gasteiger partial charge in [-0.3, -0.25) is 0 Å². The predicted octanol–water partition coefficient (Wildman–Crippen LogP) is 5.51. The van der Waals surface area contributed by atoms with Gasteiger partial charge in [0.25, 0.3) is 0 Å². The summed E-state index contributed by atoms with van der Waals surface area (Å²) >= 11 is 0. The minimum absolute atomic E-state index is 0.218. The quantitative estimate of drug-likeness (QED) is 0.500. The number of nitrogens with zero attached hydrogens (tertiary/aromatic N) is 1. The number of fused-ring (bicyclic) bond motifs is 1. The van der Waals surface area contributed by atoms with Crippen LogP contribution in [0, 0.1) is 0 Å². The van der Waals surface area contributed by atoms with E-state index in [0.717, 1.165) is 16.7 Å². The number of rotatable bonds is 4. The zero-order valence-corrected chi connectivity index (χ0v) is 24.2.